The van der Waals surface area contributed by atoms with Crippen molar-refractivity contribution in [3.8, 4) is 0 Å². The van der Waals surface area contributed by atoms with Crippen LogP contribution in [0.15, 0.2) is 39.6 Å². The van der Waals surface area contributed by atoms with Gasteiger partial charge in [-0.15, -0.1) is 0 Å². The second-order valence-corrected chi connectivity index (χ2v) is 8.79. The van der Waals surface area contributed by atoms with E-state index < -0.39 is 31.0 Å². The molecule has 0 saturated heterocycles. The lowest BCUT2D eigenvalue weighted by molar-refractivity contribution is -0.115. The highest BCUT2D eigenvalue weighted by Gasteiger charge is 2.44. The van der Waals surface area contributed by atoms with E-state index >= 15 is 0 Å². The molecule has 0 spiro atoms. The minimum absolute atomic E-state index is 0.0617. The monoisotopic (exact) mass is 329 g/mol. The first kappa shape index (κ1) is 15.9. The van der Waals surface area contributed by atoms with Crippen molar-refractivity contribution in [1.82, 2.24) is 4.72 Å². The van der Waals surface area contributed by atoms with Gasteiger partial charge < -0.3 is 0 Å². The van der Waals surface area contributed by atoms with E-state index in [4.69, 9.17) is 0 Å². The molecule has 114 valence electrons. The van der Waals surface area contributed by atoms with E-state index in [1.165, 1.54) is 26.0 Å². The maximum absolute atomic E-state index is 12.2. The van der Waals surface area contributed by atoms with E-state index in [9.17, 15) is 21.6 Å². The first-order valence-electron chi connectivity index (χ1n) is 6.12. The van der Waals surface area contributed by atoms with Crippen LogP contribution in [0, 0.1) is 6.92 Å². The van der Waals surface area contributed by atoms with Crippen molar-refractivity contribution in [3.05, 3.63) is 40.3 Å². The average Bonchev–Trinajstić information content (AvgIpc) is 2.54. The third-order valence-electron chi connectivity index (χ3n) is 3.47. The zero-order valence-electron chi connectivity index (χ0n) is 11.7. The summed E-state index contributed by atoms with van der Waals surface area (Å²) in [5.41, 5.74) is 0.929. The molecule has 1 N–H and O–H groups in total. The number of rotatable bonds is 3. The van der Waals surface area contributed by atoms with Crippen molar-refractivity contribution >= 4 is 25.6 Å². The van der Waals surface area contributed by atoms with E-state index in [-0.39, 0.29) is 15.4 Å². The molecule has 1 unspecified atom stereocenters. The average molecular weight is 329 g/mol. The van der Waals surface area contributed by atoms with Crippen molar-refractivity contribution in [2.75, 3.05) is 0 Å². The topological polar surface area (TPSA) is 97.4 Å². The Labute approximate surface area is 123 Å². The second-order valence-electron chi connectivity index (χ2n) is 4.90. The SMILES string of the molecule is CC1=C(C)S(=O)(=O)C(NS(=O)(=O)c2ccc(C)cc2)C1=O. The fourth-order valence-corrected chi connectivity index (χ4v) is 5.19. The zero-order chi connectivity index (χ0) is 16.0. The van der Waals surface area contributed by atoms with Crippen molar-refractivity contribution in [1.29, 1.82) is 0 Å². The van der Waals surface area contributed by atoms with Gasteiger partial charge in [-0.25, -0.2) is 16.8 Å². The Balaban J connectivity index is 2.39. The Morgan fingerprint density at radius 3 is 2.00 bits per heavy atom. The normalized spacial score (nSPS) is 21.9. The zero-order valence-corrected chi connectivity index (χ0v) is 13.4. The first-order valence-corrected chi connectivity index (χ1v) is 9.15. The van der Waals surface area contributed by atoms with Gasteiger partial charge >= 0.3 is 0 Å². The molecule has 0 amide bonds. The fourth-order valence-electron chi connectivity index (χ4n) is 1.94. The summed E-state index contributed by atoms with van der Waals surface area (Å²) in [5, 5.41) is -1.77. The number of hydrogen-bond acceptors (Lipinski definition) is 5. The molecule has 0 fully saturated rings. The molecule has 0 aromatic heterocycles. The van der Waals surface area contributed by atoms with Crippen LogP contribution in [0.2, 0.25) is 0 Å². The Morgan fingerprint density at radius 2 is 1.57 bits per heavy atom. The third kappa shape index (κ3) is 2.66. The summed E-state index contributed by atoms with van der Waals surface area (Å²) in [6.07, 6.45) is 0. The highest BCUT2D eigenvalue weighted by atomic mass is 32.2. The van der Waals surface area contributed by atoms with Crippen LogP contribution >= 0.6 is 0 Å². The van der Waals surface area contributed by atoms with Gasteiger partial charge in [0.1, 0.15) is 0 Å². The number of sulfonamides is 1. The maximum Gasteiger partial charge on any atom is 0.242 e. The molecule has 6 nitrogen and oxygen atoms in total. The predicted molar refractivity (Wildman–Crippen MR) is 77.6 cm³/mol. The predicted octanol–water partition coefficient (Wildman–Crippen LogP) is 0.891. The largest absolute Gasteiger partial charge is 0.291 e. The van der Waals surface area contributed by atoms with Crippen LogP contribution in [-0.2, 0) is 24.7 Å². The van der Waals surface area contributed by atoms with Gasteiger partial charge in [-0.1, -0.05) is 17.7 Å². The fraction of sp³-hybridized carbons (Fsp3) is 0.308. The molecule has 8 heteroatoms. The molecule has 1 heterocycles. The molecule has 1 aromatic carbocycles. The molecule has 0 bridgehead atoms. The van der Waals surface area contributed by atoms with E-state index in [2.05, 4.69) is 0 Å². The van der Waals surface area contributed by atoms with Crippen molar-refractivity contribution in [2.45, 2.75) is 31.0 Å². The summed E-state index contributed by atoms with van der Waals surface area (Å²) in [6.45, 7) is 4.46. The summed E-state index contributed by atoms with van der Waals surface area (Å²) < 4.78 is 50.5. The second kappa shape index (κ2) is 5.04. The lowest BCUT2D eigenvalue weighted by Gasteiger charge is -2.12. The summed E-state index contributed by atoms with van der Waals surface area (Å²) in [7, 11) is -8.06. The number of Topliss-reactive ketones (excluding diaryl/α,β-unsaturated/α-hetero) is 1. The Morgan fingerprint density at radius 1 is 1.05 bits per heavy atom. The molecule has 1 aromatic rings. The molecule has 21 heavy (non-hydrogen) atoms. The molecular formula is C13H15NO5S2. The molecule has 2 rings (SSSR count). The summed E-state index contributed by atoms with van der Waals surface area (Å²) >= 11 is 0. The van der Waals surface area contributed by atoms with Crippen LogP contribution in [-0.4, -0.2) is 28.0 Å². The molecule has 1 aliphatic rings. The number of ketones is 1. The van der Waals surface area contributed by atoms with E-state index in [1.807, 2.05) is 4.72 Å². The number of nitrogens with one attached hydrogen (secondary N) is 1. The van der Waals surface area contributed by atoms with Gasteiger partial charge in [-0.2, -0.15) is 4.72 Å². The number of sulfone groups is 1. The van der Waals surface area contributed by atoms with Gasteiger partial charge in [-0.3, -0.25) is 4.79 Å². The quantitative estimate of drug-likeness (QED) is 0.888. The van der Waals surface area contributed by atoms with E-state index in [0.29, 0.717) is 0 Å². The summed E-state index contributed by atoms with van der Waals surface area (Å²) in [6, 6.07) is 5.90. The number of carbonyl (C=O) groups excluding carboxylic acids is 1. The highest BCUT2D eigenvalue weighted by Crippen LogP contribution is 2.28. The molecule has 0 saturated carbocycles. The van der Waals surface area contributed by atoms with Crippen LogP contribution in [0.4, 0.5) is 0 Å². The third-order valence-corrected chi connectivity index (χ3v) is 7.17. The van der Waals surface area contributed by atoms with Crippen LogP contribution in [0.1, 0.15) is 19.4 Å². The highest BCUT2D eigenvalue weighted by molar-refractivity contribution is 7.98. The van der Waals surface area contributed by atoms with Crippen LogP contribution < -0.4 is 4.72 Å². The molecule has 1 aliphatic heterocycles. The Kier molecular flexibility index (Phi) is 3.81. The standard InChI is InChI=1S/C13H15NO5S2/c1-8-4-6-11(7-5-8)21(18,19)14-13-12(15)9(2)10(3)20(13,16)17/h4-7,13-14H,1-3H3. The Hall–Kier alpha value is -1.51. The minimum Gasteiger partial charge on any atom is -0.291 e. The summed E-state index contributed by atoms with van der Waals surface area (Å²) in [4.78, 5) is 11.8. The Bertz CT molecular complexity index is 833. The van der Waals surface area contributed by atoms with Gasteiger partial charge in [0, 0.05) is 10.5 Å². The molecule has 0 radical (unpaired) electrons. The van der Waals surface area contributed by atoms with Gasteiger partial charge in [0.25, 0.3) is 0 Å². The van der Waals surface area contributed by atoms with Gasteiger partial charge in [0.05, 0.1) is 4.90 Å². The van der Waals surface area contributed by atoms with Crippen molar-refractivity contribution < 1.29 is 21.6 Å². The van der Waals surface area contributed by atoms with Crippen LogP contribution in [0.3, 0.4) is 0 Å². The maximum atomic E-state index is 12.2. The van der Waals surface area contributed by atoms with Gasteiger partial charge in [-0.05, 0) is 32.9 Å². The van der Waals surface area contributed by atoms with Gasteiger partial charge in [0.2, 0.25) is 10.0 Å². The number of allylic oxidation sites excluding steroid dienone is 1. The smallest absolute Gasteiger partial charge is 0.242 e. The first-order chi connectivity index (χ1) is 9.57. The van der Waals surface area contributed by atoms with Crippen molar-refractivity contribution in [3.63, 3.8) is 0 Å². The molecule has 0 aliphatic carbocycles. The van der Waals surface area contributed by atoms with Crippen molar-refractivity contribution in [2.24, 2.45) is 0 Å². The lowest BCUT2D eigenvalue weighted by atomic mass is 10.2. The number of benzene rings is 1. The molecular weight excluding hydrogens is 314 g/mol. The van der Waals surface area contributed by atoms with Gasteiger partial charge in [0.15, 0.2) is 21.0 Å². The number of carbonyl (C=O) groups is 1. The summed E-state index contributed by atoms with van der Waals surface area (Å²) in [5.74, 6) is -0.733. The minimum atomic E-state index is -4.09. The number of hydrogen-bond donors (Lipinski definition) is 1. The molecule has 1 atom stereocenters. The van der Waals surface area contributed by atoms with Crippen LogP contribution in [0.5, 0.6) is 0 Å². The number of aryl methyl sites for hydroxylation is 1. The lowest BCUT2D eigenvalue weighted by Crippen LogP contribution is -2.43. The van der Waals surface area contributed by atoms with E-state index in [1.54, 1.807) is 19.1 Å². The van der Waals surface area contributed by atoms with Crippen LogP contribution in [0.25, 0.3) is 0 Å². The van der Waals surface area contributed by atoms with E-state index in [0.717, 1.165) is 5.56 Å².